The van der Waals surface area contributed by atoms with E-state index in [0.29, 0.717) is 12.5 Å². The summed E-state index contributed by atoms with van der Waals surface area (Å²) in [5.74, 6) is 0.201. The average Bonchev–Trinajstić information content (AvgIpc) is 2.83. The standard InChI is InChI=1S/C17H19FN2.ClH/c18-16-9-5-4-8-14(16)10-20-11-15(17(19)12-20)13-6-2-1-3-7-13;/h1-9,15,17H,10-12,19H2;1H/t15-,17+;/m0./s1. The monoisotopic (exact) mass is 306 g/mol. The lowest BCUT2D eigenvalue weighted by molar-refractivity contribution is 0.318. The molecule has 0 bridgehead atoms. The Kier molecular flexibility index (Phi) is 5.34. The first-order chi connectivity index (χ1) is 9.74. The first-order valence-electron chi connectivity index (χ1n) is 7.00. The third kappa shape index (κ3) is 3.62. The molecule has 0 amide bonds. The minimum Gasteiger partial charge on any atom is -0.326 e. The van der Waals surface area contributed by atoms with Crippen LogP contribution in [0.3, 0.4) is 0 Å². The summed E-state index contributed by atoms with van der Waals surface area (Å²) in [4.78, 5) is 2.24. The molecule has 0 spiro atoms. The first kappa shape index (κ1) is 16.0. The summed E-state index contributed by atoms with van der Waals surface area (Å²) in [6.45, 7) is 2.33. The van der Waals surface area contributed by atoms with Crippen molar-refractivity contribution >= 4 is 12.4 Å². The van der Waals surface area contributed by atoms with E-state index in [1.807, 2.05) is 30.3 Å². The van der Waals surface area contributed by atoms with Crippen LogP contribution >= 0.6 is 12.4 Å². The second-order valence-corrected chi connectivity index (χ2v) is 5.47. The Labute approximate surface area is 131 Å². The van der Waals surface area contributed by atoms with Crippen molar-refractivity contribution in [3.05, 3.63) is 71.5 Å². The van der Waals surface area contributed by atoms with Gasteiger partial charge in [-0.25, -0.2) is 4.39 Å². The second-order valence-electron chi connectivity index (χ2n) is 5.47. The Morgan fingerprint density at radius 3 is 2.38 bits per heavy atom. The molecular weight excluding hydrogens is 287 g/mol. The van der Waals surface area contributed by atoms with Crippen LogP contribution in [-0.2, 0) is 6.54 Å². The lowest BCUT2D eigenvalue weighted by Crippen LogP contribution is -2.28. The van der Waals surface area contributed by atoms with Gasteiger partial charge in [0.25, 0.3) is 0 Å². The Bertz CT molecular complexity index is 576. The van der Waals surface area contributed by atoms with Gasteiger partial charge in [-0.1, -0.05) is 48.5 Å². The van der Waals surface area contributed by atoms with Gasteiger partial charge in [0.05, 0.1) is 0 Å². The molecule has 2 aromatic carbocycles. The molecule has 1 saturated heterocycles. The maximum Gasteiger partial charge on any atom is 0.127 e. The normalized spacial score (nSPS) is 22.0. The molecule has 2 aromatic rings. The van der Waals surface area contributed by atoms with Crippen LogP contribution in [0.1, 0.15) is 17.0 Å². The summed E-state index contributed by atoms with van der Waals surface area (Å²) >= 11 is 0. The van der Waals surface area contributed by atoms with Gasteiger partial charge in [0.15, 0.2) is 0 Å². The maximum atomic E-state index is 13.7. The number of likely N-dealkylation sites (tertiary alicyclic amines) is 1. The van der Waals surface area contributed by atoms with Gasteiger partial charge in [0.2, 0.25) is 0 Å². The molecule has 0 radical (unpaired) electrons. The van der Waals surface area contributed by atoms with Crippen LogP contribution in [0.15, 0.2) is 54.6 Å². The molecule has 1 fully saturated rings. The highest BCUT2D eigenvalue weighted by Gasteiger charge is 2.31. The fraction of sp³-hybridized carbons (Fsp3) is 0.294. The van der Waals surface area contributed by atoms with Crippen molar-refractivity contribution < 1.29 is 4.39 Å². The van der Waals surface area contributed by atoms with E-state index in [1.165, 1.54) is 11.6 Å². The van der Waals surface area contributed by atoms with Crippen LogP contribution in [-0.4, -0.2) is 24.0 Å². The average molecular weight is 307 g/mol. The van der Waals surface area contributed by atoms with E-state index in [2.05, 4.69) is 17.0 Å². The molecule has 4 heteroatoms. The maximum absolute atomic E-state index is 13.7. The van der Waals surface area contributed by atoms with Gasteiger partial charge in [-0.3, -0.25) is 4.90 Å². The summed E-state index contributed by atoms with van der Waals surface area (Å²) in [5, 5.41) is 0. The topological polar surface area (TPSA) is 29.3 Å². The largest absolute Gasteiger partial charge is 0.326 e. The Morgan fingerprint density at radius 2 is 1.67 bits per heavy atom. The van der Waals surface area contributed by atoms with E-state index >= 15 is 0 Å². The molecule has 2 N–H and O–H groups in total. The molecule has 0 unspecified atom stereocenters. The number of nitrogens with zero attached hydrogens (tertiary/aromatic N) is 1. The highest BCUT2D eigenvalue weighted by Crippen LogP contribution is 2.27. The molecule has 0 aromatic heterocycles. The van der Waals surface area contributed by atoms with Gasteiger partial charge in [0.1, 0.15) is 5.82 Å². The minimum absolute atomic E-state index is 0. The number of hydrogen-bond acceptors (Lipinski definition) is 2. The summed E-state index contributed by atoms with van der Waals surface area (Å²) in [6.07, 6.45) is 0. The molecule has 1 aliphatic heterocycles. The van der Waals surface area contributed by atoms with Gasteiger partial charge in [-0.05, 0) is 11.6 Å². The van der Waals surface area contributed by atoms with Gasteiger partial charge in [-0.2, -0.15) is 0 Å². The van der Waals surface area contributed by atoms with Crippen molar-refractivity contribution in [2.24, 2.45) is 5.73 Å². The lowest BCUT2D eigenvalue weighted by Gasteiger charge is -2.16. The summed E-state index contributed by atoms with van der Waals surface area (Å²) in [7, 11) is 0. The Balaban J connectivity index is 0.00000161. The van der Waals surface area contributed by atoms with Crippen molar-refractivity contribution in [3.8, 4) is 0 Å². The van der Waals surface area contributed by atoms with Crippen molar-refractivity contribution in [2.75, 3.05) is 13.1 Å². The molecule has 2 atom stereocenters. The van der Waals surface area contributed by atoms with Gasteiger partial charge < -0.3 is 5.73 Å². The second kappa shape index (κ2) is 7.03. The summed E-state index contributed by atoms with van der Waals surface area (Å²) in [6, 6.07) is 17.4. The van der Waals surface area contributed by atoms with E-state index in [4.69, 9.17) is 5.73 Å². The number of halogens is 2. The number of hydrogen-bond donors (Lipinski definition) is 1. The van der Waals surface area contributed by atoms with Crippen molar-refractivity contribution in [3.63, 3.8) is 0 Å². The highest BCUT2D eigenvalue weighted by atomic mass is 35.5. The van der Waals surface area contributed by atoms with Crippen LogP contribution in [0, 0.1) is 5.82 Å². The predicted molar refractivity (Wildman–Crippen MR) is 86.1 cm³/mol. The van der Waals surface area contributed by atoms with E-state index in [0.717, 1.165) is 18.7 Å². The Hall–Kier alpha value is -1.42. The van der Waals surface area contributed by atoms with Crippen molar-refractivity contribution in [1.29, 1.82) is 0 Å². The molecule has 2 nitrogen and oxygen atoms in total. The third-order valence-electron chi connectivity index (χ3n) is 4.02. The predicted octanol–water partition coefficient (Wildman–Crippen LogP) is 3.17. The minimum atomic E-state index is -0.135. The molecule has 1 heterocycles. The quantitative estimate of drug-likeness (QED) is 0.944. The molecule has 0 aliphatic carbocycles. The lowest BCUT2D eigenvalue weighted by atomic mass is 9.95. The molecule has 112 valence electrons. The molecule has 0 saturated carbocycles. The van der Waals surface area contributed by atoms with Gasteiger partial charge in [-0.15, -0.1) is 12.4 Å². The van der Waals surface area contributed by atoms with E-state index < -0.39 is 0 Å². The van der Waals surface area contributed by atoms with E-state index in [1.54, 1.807) is 6.07 Å². The Morgan fingerprint density at radius 1 is 1.00 bits per heavy atom. The third-order valence-corrected chi connectivity index (χ3v) is 4.02. The zero-order chi connectivity index (χ0) is 13.9. The van der Waals surface area contributed by atoms with Crippen LogP contribution in [0.25, 0.3) is 0 Å². The highest BCUT2D eigenvalue weighted by molar-refractivity contribution is 5.85. The summed E-state index contributed by atoms with van der Waals surface area (Å²) in [5.41, 5.74) is 8.28. The van der Waals surface area contributed by atoms with Crippen molar-refractivity contribution in [1.82, 2.24) is 4.90 Å². The van der Waals surface area contributed by atoms with Crippen molar-refractivity contribution in [2.45, 2.75) is 18.5 Å². The van der Waals surface area contributed by atoms with Gasteiger partial charge in [0, 0.05) is 37.2 Å². The number of nitrogens with two attached hydrogens (primary N) is 1. The van der Waals surface area contributed by atoms with Crippen LogP contribution in [0.2, 0.25) is 0 Å². The molecule has 1 aliphatic rings. The number of rotatable bonds is 3. The number of benzene rings is 2. The molecule has 21 heavy (non-hydrogen) atoms. The van der Waals surface area contributed by atoms with Crippen LogP contribution < -0.4 is 5.73 Å². The van der Waals surface area contributed by atoms with Gasteiger partial charge >= 0.3 is 0 Å². The van der Waals surface area contributed by atoms with E-state index in [-0.39, 0.29) is 24.3 Å². The fourth-order valence-corrected chi connectivity index (χ4v) is 2.96. The van der Waals surface area contributed by atoms with Crippen LogP contribution in [0.5, 0.6) is 0 Å². The summed E-state index contributed by atoms with van der Waals surface area (Å²) < 4.78 is 13.7. The SMILES string of the molecule is Cl.N[C@@H]1CN(Cc2ccccc2F)C[C@H]1c1ccccc1. The first-order valence-corrected chi connectivity index (χ1v) is 7.00. The molecule has 3 rings (SSSR count). The zero-order valence-electron chi connectivity index (χ0n) is 11.8. The van der Waals surface area contributed by atoms with Crippen LogP contribution in [0.4, 0.5) is 4.39 Å². The molecular formula is C17H20ClFN2. The fourth-order valence-electron chi connectivity index (χ4n) is 2.96. The zero-order valence-corrected chi connectivity index (χ0v) is 12.6. The van der Waals surface area contributed by atoms with E-state index in [9.17, 15) is 4.39 Å². The smallest absolute Gasteiger partial charge is 0.127 e.